The van der Waals surface area contributed by atoms with Crippen LogP contribution in [-0.4, -0.2) is 56.0 Å². The van der Waals surface area contributed by atoms with Crippen LogP contribution in [0.3, 0.4) is 0 Å². The van der Waals surface area contributed by atoms with Gasteiger partial charge in [-0.1, -0.05) is 0 Å². The van der Waals surface area contributed by atoms with Gasteiger partial charge in [0, 0.05) is 38.8 Å². The summed E-state index contributed by atoms with van der Waals surface area (Å²) < 4.78 is 51.2. The van der Waals surface area contributed by atoms with Crippen LogP contribution in [0.2, 0.25) is 0 Å². The summed E-state index contributed by atoms with van der Waals surface area (Å²) in [6.45, 7) is 0.993. The second-order valence-corrected chi connectivity index (χ2v) is 7.72. The SMILES string of the molecule is CS(=O)(=O)N1CCN(Cc2cc(F)cc(F)c2)CC(C(N)=O)C1. The van der Waals surface area contributed by atoms with Crippen LogP contribution >= 0.6 is 0 Å². The Labute approximate surface area is 133 Å². The van der Waals surface area contributed by atoms with Gasteiger partial charge in [-0.2, -0.15) is 0 Å². The van der Waals surface area contributed by atoms with Gasteiger partial charge >= 0.3 is 0 Å². The Bertz CT molecular complexity index is 676. The van der Waals surface area contributed by atoms with Gasteiger partial charge in [0.1, 0.15) is 11.6 Å². The molecule has 1 aliphatic rings. The van der Waals surface area contributed by atoms with Gasteiger partial charge in [0.25, 0.3) is 0 Å². The van der Waals surface area contributed by atoms with Crippen molar-refractivity contribution < 1.29 is 22.0 Å². The molecule has 1 heterocycles. The Kier molecular flexibility index (Phi) is 5.33. The summed E-state index contributed by atoms with van der Waals surface area (Å²) in [5, 5.41) is 0. The minimum absolute atomic E-state index is 0.0161. The molecule has 2 N–H and O–H groups in total. The van der Waals surface area contributed by atoms with Gasteiger partial charge < -0.3 is 5.73 Å². The number of sulfonamides is 1. The molecule has 1 aliphatic heterocycles. The summed E-state index contributed by atoms with van der Waals surface area (Å²) in [7, 11) is -3.45. The summed E-state index contributed by atoms with van der Waals surface area (Å²) in [5.41, 5.74) is 5.75. The van der Waals surface area contributed by atoms with Crippen molar-refractivity contribution in [2.45, 2.75) is 6.54 Å². The lowest BCUT2D eigenvalue weighted by molar-refractivity contribution is -0.122. The van der Waals surface area contributed by atoms with Gasteiger partial charge in [0.2, 0.25) is 15.9 Å². The van der Waals surface area contributed by atoms with E-state index in [4.69, 9.17) is 5.73 Å². The lowest BCUT2D eigenvalue weighted by Gasteiger charge is -2.22. The molecule has 0 spiro atoms. The molecule has 1 unspecified atom stereocenters. The van der Waals surface area contributed by atoms with E-state index in [0.29, 0.717) is 12.1 Å². The fraction of sp³-hybridized carbons (Fsp3) is 0.500. The lowest BCUT2D eigenvalue weighted by Crippen LogP contribution is -2.40. The van der Waals surface area contributed by atoms with Crippen LogP contribution in [0.4, 0.5) is 8.78 Å². The fourth-order valence-electron chi connectivity index (χ4n) is 2.64. The first kappa shape index (κ1) is 17.8. The molecule has 1 amide bonds. The van der Waals surface area contributed by atoms with Crippen molar-refractivity contribution >= 4 is 15.9 Å². The zero-order valence-corrected chi connectivity index (χ0v) is 13.5. The molecule has 0 aromatic heterocycles. The van der Waals surface area contributed by atoms with Crippen LogP contribution in [0.5, 0.6) is 0 Å². The molecule has 0 radical (unpaired) electrons. The number of carbonyl (C=O) groups is 1. The van der Waals surface area contributed by atoms with Crippen molar-refractivity contribution in [2.75, 3.05) is 32.4 Å². The monoisotopic (exact) mass is 347 g/mol. The smallest absolute Gasteiger partial charge is 0.223 e. The summed E-state index contributed by atoms with van der Waals surface area (Å²) in [6, 6.07) is 3.20. The third-order valence-corrected chi connectivity index (χ3v) is 5.04. The molecule has 9 heteroatoms. The molecular formula is C14H19F2N3O3S. The summed E-state index contributed by atoms with van der Waals surface area (Å²) in [6.07, 6.45) is 1.07. The average Bonchev–Trinajstić information content (AvgIpc) is 2.59. The standard InChI is InChI=1S/C14H19F2N3O3S/c1-23(21,22)19-3-2-18(8-11(9-19)14(17)20)7-10-4-12(15)6-13(16)5-10/h4-6,11H,2-3,7-9H2,1H3,(H2,17,20). The number of amides is 1. The number of hydrogen-bond acceptors (Lipinski definition) is 4. The van der Waals surface area contributed by atoms with Crippen molar-refractivity contribution in [3.8, 4) is 0 Å². The Morgan fingerprint density at radius 3 is 2.35 bits per heavy atom. The second kappa shape index (κ2) is 6.90. The number of primary amides is 1. The molecule has 2 rings (SSSR count). The largest absolute Gasteiger partial charge is 0.369 e. The lowest BCUT2D eigenvalue weighted by atomic mass is 10.1. The molecule has 1 aromatic rings. The van der Waals surface area contributed by atoms with E-state index in [-0.39, 0.29) is 26.2 Å². The van der Waals surface area contributed by atoms with Gasteiger partial charge in [-0.25, -0.2) is 21.5 Å². The number of nitrogens with two attached hydrogens (primary N) is 1. The predicted octanol–water partition coefficient (Wildman–Crippen LogP) is 0.144. The maximum absolute atomic E-state index is 13.3. The highest BCUT2D eigenvalue weighted by Gasteiger charge is 2.30. The number of carbonyl (C=O) groups excluding carboxylic acids is 1. The molecule has 6 nitrogen and oxygen atoms in total. The van der Waals surface area contributed by atoms with Crippen molar-refractivity contribution in [1.82, 2.24) is 9.21 Å². The zero-order chi connectivity index (χ0) is 17.2. The number of rotatable bonds is 4. The number of nitrogens with zero attached hydrogens (tertiary/aromatic N) is 2. The van der Waals surface area contributed by atoms with Crippen molar-refractivity contribution in [2.24, 2.45) is 11.7 Å². The van der Waals surface area contributed by atoms with Gasteiger partial charge in [-0.15, -0.1) is 0 Å². The topological polar surface area (TPSA) is 83.7 Å². The van der Waals surface area contributed by atoms with E-state index in [1.807, 2.05) is 0 Å². The molecule has 1 saturated heterocycles. The molecule has 23 heavy (non-hydrogen) atoms. The Morgan fingerprint density at radius 2 is 1.83 bits per heavy atom. The van der Waals surface area contributed by atoms with Crippen LogP contribution in [-0.2, 0) is 21.4 Å². The molecule has 1 aromatic carbocycles. The molecule has 0 saturated carbocycles. The normalized spacial score (nSPS) is 21.1. The van der Waals surface area contributed by atoms with Crippen LogP contribution in [0, 0.1) is 17.6 Å². The highest BCUT2D eigenvalue weighted by molar-refractivity contribution is 7.88. The van der Waals surface area contributed by atoms with E-state index >= 15 is 0 Å². The molecule has 1 atom stereocenters. The van der Waals surface area contributed by atoms with Crippen molar-refractivity contribution in [1.29, 1.82) is 0 Å². The van der Waals surface area contributed by atoms with E-state index in [1.54, 1.807) is 4.90 Å². The van der Waals surface area contributed by atoms with Crippen LogP contribution < -0.4 is 5.73 Å². The Morgan fingerprint density at radius 1 is 1.22 bits per heavy atom. The zero-order valence-electron chi connectivity index (χ0n) is 12.7. The molecule has 128 valence electrons. The van der Waals surface area contributed by atoms with E-state index in [0.717, 1.165) is 12.3 Å². The maximum atomic E-state index is 13.3. The minimum Gasteiger partial charge on any atom is -0.369 e. The van der Waals surface area contributed by atoms with E-state index in [9.17, 15) is 22.0 Å². The van der Waals surface area contributed by atoms with Gasteiger partial charge in [-0.05, 0) is 17.7 Å². The molecule has 0 bridgehead atoms. The first-order valence-electron chi connectivity index (χ1n) is 7.07. The molecule has 1 fully saturated rings. The van der Waals surface area contributed by atoms with Crippen molar-refractivity contribution in [3.05, 3.63) is 35.4 Å². The Hall–Kier alpha value is -1.58. The number of halogens is 2. The summed E-state index contributed by atoms with van der Waals surface area (Å²) in [4.78, 5) is 13.3. The predicted molar refractivity (Wildman–Crippen MR) is 80.7 cm³/mol. The van der Waals surface area contributed by atoms with Gasteiger partial charge in [-0.3, -0.25) is 9.69 Å². The van der Waals surface area contributed by atoms with Crippen molar-refractivity contribution in [3.63, 3.8) is 0 Å². The van der Waals surface area contributed by atoms with Crippen LogP contribution in [0.1, 0.15) is 5.56 Å². The van der Waals surface area contributed by atoms with Crippen LogP contribution in [0.15, 0.2) is 18.2 Å². The first-order valence-corrected chi connectivity index (χ1v) is 8.92. The van der Waals surface area contributed by atoms with Gasteiger partial charge in [0.05, 0.1) is 12.2 Å². The summed E-state index contributed by atoms with van der Waals surface area (Å²) >= 11 is 0. The van der Waals surface area contributed by atoms with E-state index in [1.165, 1.54) is 16.4 Å². The highest BCUT2D eigenvalue weighted by Crippen LogP contribution is 2.16. The Balaban J connectivity index is 2.17. The third kappa shape index (κ3) is 4.95. The number of hydrogen-bond donors (Lipinski definition) is 1. The fourth-order valence-corrected chi connectivity index (χ4v) is 3.50. The first-order chi connectivity index (χ1) is 10.6. The van der Waals surface area contributed by atoms with Gasteiger partial charge in [0.15, 0.2) is 0 Å². The van der Waals surface area contributed by atoms with E-state index < -0.39 is 33.5 Å². The highest BCUT2D eigenvalue weighted by atomic mass is 32.2. The van der Waals surface area contributed by atoms with Crippen LogP contribution in [0.25, 0.3) is 0 Å². The second-order valence-electron chi connectivity index (χ2n) is 5.73. The number of benzene rings is 1. The molecular weight excluding hydrogens is 328 g/mol. The third-order valence-electron chi connectivity index (χ3n) is 3.77. The van der Waals surface area contributed by atoms with E-state index in [2.05, 4.69) is 0 Å². The summed E-state index contributed by atoms with van der Waals surface area (Å²) in [5.74, 6) is -2.64. The maximum Gasteiger partial charge on any atom is 0.223 e. The minimum atomic E-state index is -3.45. The quantitative estimate of drug-likeness (QED) is 0.840. The average molecular weight is 347 g/mol. The molecule has 0 aliphatic carbocycles.